The molecule has 0 saturated heterocycles. The summed E-state index contributed by atoms with van der Waals surface area (Å²) in [6, 6.07) is 6.27. The third-order valence-corrected chi connectivity index (χ3v) is 3.20. The summed E-state index contributed by atoms with van der Waals surface area (Å²) in [7, 11) is 0. The van der Waals surface area contributed by atoms with Crippen molar-refractivity contribution < 1.29 is 4.92 Å². The summed E-state index contributed by atoms with van der Waals surface area (Å²) >= 11 is 0. The number of nitrogens with one attached hydrogen (secondary N) is 2. The van der Waals surface area contributed by atoms with Gasteiger partial charge >= 0.3 is 0 Å². The van der Waals surface area contributed by atoms with Gasteiger partial charge in [-0.15, -0.1) is 0 Å². The number of aromatic amines is 1. The van der Waals surface area contributed by atoms with Crippen LogP contribution in [0.3, 0.4) is 0 Å². The van der Waals surface area contributed by atoms with Crippen molar-refractivity contribution in [2.45, 2.75) is 19.8 Å². The SMILES string of the molecule is Cc1[nH]ncc1CCCNc1cc(C#N)ccc1[N+](=O)[O-]. The van der Waals surface area contributed by atoms with Crippen molar-refractivity contribution in [2.24, 2.45) is 0 Å². The summed E-state index contributed by atoms with van der Waals surface area (Å²) in [6.07, 6.45) is 3.43. The van der Waals surface area contributed by atoms with E-state index in [1.165, 1.54) is 18.2 Å². The van der Waals surface area contributed by atoms with E-state index in [2.05, 4.69) is 15.5 Å². The zero-order valence-electron chi connectivity index (χ0n) is 11.6. The van der Waals surface area contributed by atoms with Crippen LogP contribution in [0.2, 0.25) is 0 Å². The zero-order chi connectivity index (χ0) is 15.2. The maximum Gasteiger partial charge on any atom is 0.292 e. The Labute approximate surface area is 121 Å². The van der Waals surface area contributed by atoms with Crippen LogP contribution in [0.5, 0.6) is 0 Å². The molecule has 1 aromatic heterocycles. The van der Waals surface area contributed by atoms with Gasteiger partial charge in [-0.2, -0.15) is 10.4 Å². The lowest BCUT2D eigenvalue weighted by atomic mass is 10.1. The summed E-state index contributed by atoms with van der Waals surface area (Å²) in [5, 5.41) is 29.7. The number of anilines is 1. The lowest BCUT2D eigenvalue weighted by Crippen LogP contribution is -2.06. The van der Waals surface area contributed by atoms with E-state index in [4.69, 9.17) is 5.26 Å². The first-order chi connectivity index (χ1) is 10.1. The van der Waals surface area contributed by atoms with Gasteiger partial charge in [0.05, 0.1) is 22.8 Å². The number of nitrogens with zero attached hydrogens (tertiary/aromatic N) is 3. The molecule has 0 aliphatic rings. The van der Waals surface area contributed by atoms with Crippen molar-refractivity contribution in [3.63, 3.8) is 0 Å². The van der Waals surface area contributed by atoms with Crippen molar-refractivity contribution in [3.8, 4) is 6.07 Å². The normalized spacial score (nSPS) is 10.1. The number of nitro benzene ring substituents is 1. The number of aryl methyl sites for hydroxylation is 2. The molecule has 2 N–H and O–H groups in total. The van der Waals surface area contributed by atoms with E-state index in [0.717, 1.165) is 24.1 Å². The molecular weight excluding hydrogens is 270 g/mol. The Morgan fingerprint density at radius 2 is 2.33 bits per heavy atom. The van der Waals surface area contributed by atoms with Gasteiger partial charge in [-0.05, 0) is 37.5 Å². The molecule has 0 atom stereocenters. The van der Waals surface area contributed by atoms with Gasteiger partial charge in [-0.1, -0.05) is 0 Å². The minimum atomic E-state index is -0.455. The Morgan fingerprint density at radius 3 is 2.95 bits per heavy atom. The predicted octanol–water partition coefficient (Wildman–Crippen LogP) is 2.54. The monoisotopic (exact) mass is 285 g/mol. The van der Waals surface area contributed by atoms with E-state index in [9.17, 15) is 10.1 Å². The molecule has 0 bridgehead atoms. The number of H-pyrrole nitrogens is 1. The Kier molecular flexibility index (Phi) is 4.51. The van der Waals surface area contributed by atoms with E-state index in [1.807, 2.05) is 13.0 Å². The van der Waals surface area contributed by atoms with Crippen LogP contribution in [0, 0.1) is 28.4 Å². The van der Waals surface area contributed by atoms with E-state index in [0.29, 0.717) is 17.8 Å². The fourth-order valence-electron chi connectivity index (χ4n) is 2.04. The van der Waals surface area contributed by atoms with Gasteiger partial charge in [0.1, 0.15) is 5.69 Å². The Balaban J connectivity index is 1.97. The summed E-state index contributed by atoms with van der Waals surface area (Å²) < 4.78 is 0. The molecule has 0 aliphatic carbocycles. The smallest absolute Gasteiger partial charge is 0.292 e. The molecule has 2 rings (SSSR count). The quantitative estimate of drug-likeness (QED) is 0.481. The number of hydrogen-bond donors (Lipinski definition) is 2. The van der Waals surface area contributed by atoms with Gasteiger partial charge in [0.25, 0.3) is 5.69 Å². The van der Waals surface area contributed by atoms with E-state index in [1.54, 1.807) is 6.20 Å². The topological polar surface area (TPSA) is 108 Å². The summed E-state index contributed by atoms with van der Waals surface area (Å²) in [5.74, 6) is 0. The molecule has 0 fully saturated rings. The van der Waals surface area contributed by atoms with Crippen LogP contribution in [0.25, 0.3) is 0 Å². The van der Waals surface area contributed by atoms with Gasteiger partial charge in [0, 0.05) is 18.3 Å². The molecule has 0 unspecified atom stereocenters. The van der Waals surface area contributed by atoms with Gasteiger partial charge in [-0.25, -0.2) is 0 Å². The first kappa shape index (κ1) is 14.5. The molecule has 0 amide bonds. The van der Waals surface area contributed by atoms with Crippen molar-refractivity contribution >= 4 is 11.4 Å². The third kappa shape index (κ3) is 3.57. The summed E-state index contributed by atoms with van der Waals surface area (Å²) in [4.78, 5) is 10.5. The van der Waals surface area contributed by atoms with E-state index < -0.39 is 4.92 Å². The molecule has 7 nitrogen and oxygen atoms in total. The minimum Gasteiger partial charge on any atom is -0.379 e. The van der Waals surface area contributed by atoms with Crippen LogP contribution in [-0.2, 0) is 6.42 Å². The van der Waals surface area contributed by atoms with E-state index >= 15 is 0 Å². The average Bonchev–Trinajstić information content (AvgIpc) is 2.88. The lowest BCUT2D eigenvalue weighted by molar-refractivity contribution is -0.384. The minimum absolute atomic E-state index is 0.0199. The van der Waals surface area contributed by atoms with Crippen molar-refractivity contribution in [1.82, 2.24) is 10.2 Å². The Morgan fingerprint density at radius 1 is 1.52 bits per heavy atom. The second-order valence-corrected chi connectivity index (χ2v) is 4.65. The third-order valence-electron chi connectivity index (χ3n) is 3.20. The number of benzene rings is 1. The molecule has 108 valence electrons. The number of rotatable bonds is 6. The van der Waals surface area contributed by atoms with Gasteiger partial charge in [-0.3, -0.25) is 15.2 Å². The van der Waals surface area contributed by atoms with Crippen molar-refractivity contribution in [1.29, 1.82) is 5.26 Å². The zero-order valence-corrected chi connectivity index (χ0v) is 11.6. The van der Waals surface area contributed by atoms with Crippen LogP contribution in [0.15, 0.2) is 24.4 Å². The van der Waals surface area contributed by atoms with Crippen molar-refractivity contribution in [3.05, 3.63) is 51.3 Å². The molecule has 1 aromatic carbocycles. The lowest BCUT2D eigenvalue weighted by Gasteiger charge is -2.07. The average molecular weight is 285 g/mol. The number of nitro groups is 1. The second-order valence-electron chi connectivity index (χ2n) is 4.65. The highest BCUT2D eigenvalue weighted by atomic mass is 16.6. The first-order valence-corrected chi connectivity index (χ1v) is 6.53. The second kappa shape index (κ2) is 6.52. The van der Waals surface area contributed by atoms with Crippen LogP contribution in [0.4, 0.5) is 11.4 Å². The molecule has 7 heteroatoms. The fraction of sp³-hybridized carbons (Fsp3) is 0.286. The van der Waals surface area contributed by atoms with Crippen molar-refractivity contribution in [2.75, 3.05) is 11.9 Å². The fourth-order valence-corrected chi connectivity index (χ4v) is 2.04. The summed E-state index contributed by atoms with van der Waals surface area (Å²) in [5.41, 5.74) is 2.93. The van der Waals surface area contributed by atoms with Crippen LogP contribution < -0.4 is 5.32 Å². The largest absolute Gasteiger partial charge is 0.379 e. The number of hydrogen-bond acceptors (Lipinski definition) is 5. The van der Waals surface area contributed by atoms with E-state index in [-0.39, 0.29) is 5.69 Å². The Bertz CT molecular complexity index is 687. The molecule has 1 heterocycles. The van der Waals surface area contributed by atoms with Crippen LogP contribution in [0.1, 0.15) is 23.2 Å². The maximum atomic E-state index is 11.0. The number of nitriles is 1. The van der Waals surface area contributed by atoms with Gasteiger partial charge in [0.2, 0.25) is 0 Å². The summed E-state index contributed by atoms with van der Waals surface area (Å²) in [6.45, 7) is 2.54. The highest BCUT2D eigenvalue weighted by Crippen LogP contribution is 2.25. The molecule has 0 aliphatic heterocycles. The maximum absolute atomic E-state index is 11.0. The standard InChI is InChI=1S/C14H15N5O2/c1-10-12(9-17-18-10)3-2-6-16-13-7-11(8-15)4-5-14(13)19(20)21/h4-5,7,9,16H,2-3,6H2,1H3,(H,17,18). The molecule has 0 spiro atoms. The van der Waals surface area contributed by atoms with Gasteiger partial charge in [0.15, 0.2) is 0 Å². The molecule has 2 aromatic rings. The van der Waals surface area contributed by atoms with Gasteiger partial charge < -0.3 is 5.32 Å². The molecule has 0 saturated carbocycles. The molecule has 0 radical (unpaired) electrons. The first-order valence-electron chi connectivity index (χ1n) is 6.53. The van der Waals surface area contributed by atoms with Crippen LogP contribution >= 0.6 is 0 Å². The Hall–Kier alpha value is -2.88. The predicted molar refractivity (Wildman–Crippen MR) is 77.9 cm³/mol. The highest BCUT2D eigenvalue weighted by molar-refractivity contribution is 5.64. The molecule has 21 heavy (non-hydrogen) atoms. The highest BCUT2D eigenvalue weighted by Gasteiger charge is 2.13. The van der Waals surface area contributed by atoms with Crippen LogP contribution in [-0.4, -0.2) is 21.7 Å². The number of aromatic nitrogens is 2. The molecular formula is C14H15N5O2.